The Hall–Kier alpha value is 0.354. The lowest BCUT2D eigenvalue weighted by Crippen LogP contribution is -2.32. The molecule has 0 amide bonds. The molecule has 0 aliphatic rings. The Bertz CT molecular complexity index is 232. The average Bonchev–Trinajstić information content (AvgIpc) is 2.24. The zero-order chi connectivity index (χ0) is 15.6. The van der Waals surface area contributed by atoms with Crippen LogP contribution in [0.2, 0.25) is 39.3 Å². The molecule has 0 spiro atoms. The second kappa shape index (κ2) is 10.1. The standard InChI is InChI=1S/C16H38O2Si2/c1-8-13-16(18-20(5,6)7)14-11-9-10-12-15-17-19(2,3)4/h16H,8-15H2,1-7H3. The van der Waals surface area contributed by atoms with Crippen LogP contribution in [0.1, 0.15) is 51.9 Å². The van der Waals surface area contributed by atoms with Crippen LogP contribution < -0.4 is 0 Å². The van der Waals surface area contributed by atoms with E-state index < -0.39 is 16.6 Å². The fourth-order valence-corrected chi connectivity index (χ4v) is 4.28. The third-order valence-corrected chi connectivity index (χ3v) is 5.20. The number of hydrogen-bond donors (Lipinski definition) is 0. The molecule has 0 aromatic rings. The third kappa shape index (κ3) is 14.8. The molecule has 0 fully saturated rings. The van der Waals surface area contributed by atoms with E-state index in [1.807, 2.05) is 0 Å². The molecule has 0 aromatic heterocycles. The van der Waals surface area contributed by atoms with Crippen LogP contribution in [0.4, 0.5) is 0 Å². The zero-order valence-electron chi connectivity index (χ0n) is 15.1. The second-order valence-electron chi connectivity index (χ2n) is 7.80. The minimum absolute atomic E-state index is 0.505. The summed E-state index contributed by atoms with van der Waals surface area (Å²) in [7, 11) is -2.67. The Labute approximate surface area is 129 Å². The van der Waals surface area contributed by atoms with E-state index in [4.69, 9.17) is 8.85 Å². The van der Waals surface area contributed by atoms with Crippen LogP contribution in [0.25, 0.3) is 0 Å². The molecule has 0 saturated heterocycles. The van der Waals surface area contributed by atoms with Crippen molar-refractivity contribution in [2.45, 2.75) is 97.3 Å². The van der Waals surface area contributed by atoms with Gasteiger partial charge < -0.3 is 8.85 Å². The molecule has 0 rings (SSSR count). The molecule has 0 aromatic carbocycles. The first-order valence-electron chi connectivity index (χ1n) is 8.46. The maximum Gasteiger partial charge on any atom is 0.184 e. The average molecular weight is 319 g/mol. The molecule has 0 aliphatic carbocycles. The van der Waals surface area contributed by atoms with E-state index in [9.17, 15) is 0 Å². The van der Waals surface area contributed by atoms with Gasteiger partial charge in [0, 0.05) is 12.7 Å². The lowest BCUT2D eigenvalue weighted by atomic mass is 10.1. The van der Waals surface area contributed by atoms with Crippen LogP contribution in [0, 0.1) is 0 Å². The summed E-state index contributed by atoms with van der Waals surface area (Å²) >= 11 is 0. The largest absolute Gasteiger partial charge is 0.418 e. The molecular weight excluding hydrogens is 280 g/mol. The Morgan fingerprint density at radius 2 is 1.35 bits per heavy atom. The predicted molar refractivity (Wildman–Crippen MR) is 95.5 cm³/mol. The van der Waals surface area contributed by atoms with Crippen molar-refractivity contribution in [1.29, 1.82) is 0 Å². The maximum atomic E-state index is 6.27. The molecular formula is C16H38O2Si2. The highest BCUT2D eigenvalue weighted by Crippen LogP contribution is 2.18. The Balaban J connectivity index is 3.64. The van der Waals surface area contributed by atoms with E-state index in [2.05, 4.69) is 46.2 Å². The summed E-state index contributed by atoms with van der Waals surface area (Å²) in [5.41, 5.74) is 0. The van der Waals surface area contributed by atoms with E-state index >= 15 is 0 Å². The molecule has 1 atom stereocenters. The minimum atomic E-state index is -1.38. The van der Waals surface area contributed by atoms with Gasteiger partial charge in [0.15, 0.2) is 16.6 Å². The first-order chi connectivity index (χ1) is 9.14. The van der Waals surface area contributed by atoms with Crippen molar-refractivity contribution in [3.63, 3.8) is 0 Å². The highest BCUT2D eigenvalue weighted by atomic mass is 28.4. The summed E-state index contributed by atoms with van der Waals surface area (Å²) in [4.78, 5) is 0. The molecule has 0 heterocycles. The highest BCUT2D eigenvalue weighted by Gasteiger charge is 2.20. The van der Waals surface area contributed by atoms with Crippen LogP contribution in [0.15, 0.2) is 0 Å². The van der Waals surface area contributed by atoms with Gasteiger partial charge >= 0.3 is 0 Å². The van der Waals surface area contributed by atoms with Crippen molar-refractivity contribution in [1.82, 2.24) is 0 Å². The van der Waals surface area contributed by atoms with Crippen molar-refractivity contribution < 1.29 is 8.85 Å². The molecule has 2 nitrogen and oxygen atoms in total. The molecule has 1 unspecified atom stereocenters. The van der Waals surface area contributed by atoms with E-state index in [0.29, 0.717) is 6.10 Å². The van der Waals surface area contributed by atoms with Gasteiger partial charge in [0.05, 0.1) is 0 Å². The van der Waals surface area contributed by atoms with Gasteiger partial charge in [-0.1, -0.05) is 32.6 Å². The smallest absolute Gasteiger partial charge is 0.184 e. The van der Waals surface area contributed by atoms with Crippen LogP contribution in [-0.2, 0) is 8.85 Å². The molecule has 20 heavy (non-hydrogen) atoms. The van der Waals surface area contributed by atoms with Crippen molar-refractivity contribution in [3.8, 4) is 0 Å². The summed E-state index contributed by atoms with van der Waals surface area (Å²) in [5, 5.41) is 0. The molecule has 4 heteroatoms. The fraction of sp³-hybridized carbons (Fsp3) is 1.00. The van der Waals surface area contributed by atoms with Crippen molar-refractivity contribution in [2.75, 3.05) is 6.61 Å². The van der Waals surface area contributed by atoms with E-state index in [1.54, 1.807) is 0 Å². The molecule has 0 saturated carbocycles. The van der Waals surface area contributed by atoms with Crippen LogP contribution in [0.3, 0.4) is 0 Å². The van der Waals surface area contributed by atoms with Crippen molar-refractivity contribution in [2.24, 2.45) is 0 Å². The summed E-state index contributed by atoms with van der Waals surface area (Å²) in [5.74, 6) is 0. The number of hydrogen-bond acceptors (Lipinski definition) is 2. The molecule has 0 bridgehead atoms. The Morgan fingerprint density at radius 3 is 1.85 bits per heavy atom. The topological polar surface area (TPSA) is 18.5 Å². The minimum Gasteiger partial charge on any atom is -0.418 e. The number of unbranched alkanes of at least 4 members (excludes halogenated alkanes) is 3. The Kier molecular flexibility index (Phi) is 10.3. The first-order valence-corrected chi connectivity index (χ1v) is 15.3. The number of rotatable bonds is 12. The van der Waals surface area contributed by atoms with Crippen molar-refractivity contribution in [3.05, 3.63) is 0 Å². The normalized spacial score (nSPS) is 14.6. The predicted octanol–water partition coefficient (Wildman–Crippen LogP) is 5.81. The van der Waals surface area contributed by atoms with Gasteiger partial charge in [0.25, 0.3) is 0 Å². The summed E-state index contributed by atoms with van der Waals surface area (Å²) in [6.07, 6.45) is 9.36. The van der Waals surface area contributed by atoms with Gasteiger partial charge in [0.2, 0.25) is 0 Å². The van der Waals surface area contributed by atoms with Gasteiger partial charge in [-0.25, -0.2) is 0 Å². The van der Waals surface area contributed by atoms with Gasteiger partial charge in [-0.15, -0.1) is 0 Å². The van der Waals surface area contributed by atoms with E-state index in [0.717, 1.165) is 6.61 Å². The van der Waals surface area contributed by atoms with Crippen LogP contribution in [0.5, 0.6) is 0 Å². The van der Waals surface area contributed by atoms with Gasteiger partial charge in [0.1, 0.15) is 0 Å². The SMILES string of the molecule is CCCC(CCCCCCO[Si](C)(C)C)O[Si](C)(C)C. The molecule has 0 N–H and O–H groups in total. The maximum absolute atomic E-state index is 6.27. The Morgan fingerprint density at radius 1 is 0.750 bits per heavy atom. The van der Waals surface area contributed by atoms with Crippen LogP contribution in [-0.4, -0.2) is 29.3 Å². The van der Waals surface area contributed by atoms with E-state index in [1.165, 1.54) is 44.9 Å². The molecule has 0 aliphatic heterocycles. The van der Waals surface area contributed by atoms with Crippen LogP contribution >= 0.6 is 0 Å². The monoisotopic (exact) mass is 318 g/mol. The molecule has 122 valence electrons. The third-order valence-electron chi connectivity index (χ3n) is 3.09. The van der Waals surface area contributed by atoms with E-state index in [-0.39, 0.29) is 0 Å². The molecule has 0 radical (unpaired) electrons. The summed E-state index contributed by atoms with van der Waals surface area (Å²) in [6, 6.07) is 0. The zero-order valence-corrected chi connectivity index (χ0v) is 17.1. The lowest BCUT2D eigenvalue weighted by molar-refractivity contribution is 0.168. The first kappa shape index (κ1) is 20.4. The fourth-order valence-electron chi connectivity index (χ4n) is 2.29. The van der Waals surface area contributed by atoms with Gasteiger partial charge in [-0.3, -0.25) is 0 Å². The summed E-state index contributed by atoms with van der Waals surface area (Å²) < 4.78 is 12.2. The van der Waals surface area contributed by atoms with Gasteiger partial charge in [-0.05, 0) is 58.5 Å². The quantitative estimate of drug-likeness (QED) is 0.334. The lowest BCUT2D eigenvalue weighted by Gasteiger charge is -2.26. The second-order valence-corrected chi connectivity index (χ2v) is 16.8. The van der Waals surface area contributed by atoms with Gasteiger partial charge in [-0.2, -0.15) is 0 Å². The van der Waals surface area contributed by atoms with Crippen molar-refractivity contribution >= 4 is 16.6 Å². The highest BCUT2D eigenvalue weighted by molar-refractivity contribution is 6.70. The summed E-state index contributed by atoms with van der Waals surface area (Å²) in [6.45, 7) is 16.9.